The molecule has 5 heteroatoms. The normalized spacial score (nSPS) is 12.5. The van der Waals surface area contributed by atoms with E-state index in [0.717, 1.165) is 11.1 Å². The van der Waals surface area contributed by atoms with Crippen LogP contribution in [0.5, 0.6) is 0 Å². The van der Waals surface area contributed by atoms with E-state index in [0.29, 0.717) is 12.8 Å². The second-order valence-corrected chi connectivity index (χ2v) is 5.25. The molecule has 2 rings (SSSR count). The fraction of sp³-hybridized carbons (Fsp3) is 0.316. The quantitative estimate of drug-likeness (QED) is 0.695. The zero-order valence-electron chi connectivity index (χ0n) is 13.7. The lowest BCUT2D eigenvalue weighted by Gasteiger charge is -2.07. The van der Waals surface area contributed by atoms with Crippen molar-refractivity contribution in [3.63, 3.8) is 0 Å². The highest BCUT2D eigenvalue weighted by molar-refractivity contribution is 5.74. The minimum atomic E-state index is -1.06. The standard InChI is InChI=1S/C10H12O3.C9H12O2/c1-13-10(12)9(11)7-8-5-3-2-4-6-8;10-7-9(11)6-8-4-2-1-3-5-8/h2-6,9,11H,7H2,1H3;1-5,9-11H,6-7H2. The van der Waals surface area contributed by atoms with Gasteiger partial charge in [0.1, 0.15) is 0 Å². The summed E-state index contributed by atoms with van der Waals surface area (Å²) in [6.07, 6.45) is -0.866. The van der Waals surface area contributed by atoms with Crippen molar-refractivity contribution in [2.45, 2.75) is 25.0 Å². The highest BCUT2D eigenvalue weighted by Gasteiger charge is 2.15. The predicted molar refractivity (Wildman–Crippen MR) is 91.4 cm³/mol. The Balaban J connectivity index is 0.000000243. The van der Waals surface area contributed by atoms with Crippen LogP contribution in [0.15, 0.2) is 60.7 Å². The summed E-state index contributed by atoms with van der Waals surface area (Å²) in [7, 11) is 1.26. The molecule has 130 valence electrons. The van der Waals surface area contributed by atoms with E-state index in [1.54, 1.807) is 0 Å². The molecule has 24 heavy (non-hydrogen) atoms. The third-order valence-electron chi connectivity index (χ3n) is 3.27. The van der Waals surface area contributed by atoms with E-state index >= 15 is 0 Å². The highest BCUT2D eigenvalue weighted by Crippen LogP contribution is 2.04. The van der Waals surface area contributed by atoms with Crippen LogP contribution in [0.25, 0.3) is 0 Å². The molecule has 0 saturated heterocycles. The summed E-state index contributed by atoms with van der Waals surface area (Å²) < 4.78 is 4.40. The van der Waals surface area contributed by atoms with Gasteiger partial charge in [0.05, 0.1) is 19.8 Å². The number of hydrogen-bond donors (Lipinski definition) is 3. The molecule has 2 aromatic carbocycles. The van der Waals surface area contributed by atoms with E-state index in [-0.39, 0.29) is 6.61 Å². The lowest BCUT2D eigenvalue weighted by atomic mass is 10.1. The van der Waals surface area contributed by atoms with E-state index in [4.69, 9.17) is 10.2 Å². The van der Waals surface area contributed by atoms with Crippen LogP contribution in [0.2, 0.25) is 0 Å². The Morgan fingerprint density at radius 2 is 1.38 bits per heavy atom. The summed E-state index contributed by atoms with van der Waals surface area (Å²) in [5.74, 6) is -0.594. The van der Waals surface area contributed by atoms with Crippen LogP contribution in [0.4, 0.5) is 0 Å². The van der Waals surface area contributed by atoms with Crippen molar-refractivity contribution in [1.82, 2.24) is 0 Å². The van der Waals surface area contributed by atoms with Crippen LogP contribution in [-0.2, 0) is 22.4 Å². The maximum atomic E-state index is 10.8. The van der Waals surface area contributed by atoms with Crippen LogP contribution in [0, 0.1) is 0 Å². The number of rotatable bonds is 6. The molecule has 0 amide bonds. The molecule has 0 saturated carbocycles. The average molecular weight is 332 g/mol. The molecule has 2 aromatic rings. The first-order valence-corrected chi connectivity index (χ1v) is 7.69. The minimum absolute atomic E-state index is 0.172. The molecule has 2 unspecified atom stereocenters. The Morgan fingerprint density at radius 3 is 1.79 bits per heavy atom. The number of esters is 1. The number of benzene rings is 2. The monoisotopic (exact) mass is 332 g/mol. The molecule has 0 bridgehead atoms. The molecule has 3 N–H and O–H groups in total. The first-order valence-electron chi connectivity index (χ1n) is 7.69. The fourth-order valence-corrected chi connectivity index (χ4v) is 2.01. The van der Waals surface area contributed by atoms with E-state index in [1.807, 2.05) is 60.7 Å². The maximum Gasteiger partial charge on any atom is 0.335 e. The zero-order chi connectivity index (χ0) is 17.8. The van der Waals surface area contributed by atoms with Gasteiger partial charge >= 0.3 is 5.97 Å². The van der Waals surface area contributed by atoms with Crippen LogP contribution >= 0.6 is 0 Å². The molecule has 0 aliphatic carbocycles. The van der Waals surface area contributed by atoms with Crippen molar-refractivity contribution >= 4 is 5.97 Å². The van der Waals surface area contributed by atoms with Crippen LogP contribution in [-0.4, -0.2) is 47.2 Å². The minimum Gasteiger partial charge on any atom is -0.467 e. The Morgan fingerprint density at radius 1 is 0.917 bits per heavy atom. The Hall–Kier alpha value is -2.21. The van der Waals surface area contributed by atoms with Gasteiger partial charge in [-0.05, 0) is 11.1 Å². The molecule has 5 nitrogen and oxygen atoms in total. The third-order valence-corrected chi connectivity index (χ3v) is 3.27. The van der Waals surface area contributed by atoms with E-state index in [2.05, 4.69) is 4.74 Å². The van der Waals surface area contributed by atoms with E-state index < -0.39 is 18.2 Å². The number of methoxy groups -OCH3 is 1. The van der Waals surface area contributed by atoms with Gasteiger partial charge < -0.3 is 20.1 Å². The summed E-state index contributed by atoms with van der Waals surface area (Å²) in [5.41, 5.74) is 1.97. The van der Waals surface area contributed by atoms with Gasteiger partial charge in [0.25, 0.3) is 0 Å². The molecule has 0 aromatic heterocycles. The zero-order valence-corrected chi connectivity index (χ0v) is 13.7. The van der Waals surface area contributed by atoms with Crippen molar-refractivity contribution in [3.05, 3.63) is 71.8 Å². The summed E-state index contributed by atoms with van der Waals surface area (Å²) >= 11 is 0. The van der Waals surface area contributed by atoms with Gasteiger partial charge in [0.2, 0.25) is 0 Å². The second-order valence-electron chi connectivity index (χ2n) is 5.25. The average Bonchev–Trinajstić information content (AvgIpc) is 2.63. The van der Waals surface area contributed by atoms with Gasteiger partial charge in [0, 0.05) is 12.8 Å². The summed E-state index contributed by atoms with van der Waals surface area (Å²) in [5, 5.41) is 26.9. The number of aliphatic hydroxyl groups excluding tert-OH is 3. The van der Waals surface area contributed by atoms with Crippen LogP contribution < -0.4 is 0 Å². The van der Waals surface area contributed by atoms with Crippen molar-refractivity contribution in [3.8, 4) is 0 Å². The largest absolute Gasteiger partial charge is 0.467 e. The van der Waals surface area contributed by atoms with Crippen molar-refractivity contribution in [2.24, 2.45) is 0 Å². The molecule has 0 aliphatic heterocycles. The van der Waals surface area contributed by atoms with Gasteiger partial charge in [-0.3, -0.25) is 0 Å². The van der Waals surface area contributed by atoms with Gasteiger partial charge in [-0.25, -0.2) is 4.79 Å². The number of carbonyl (C=O) groups is 1. The second kappa shape index (κ2) is 11.3. The predicted octanol–water partition coefficient (Wildman–Crippen LogP) is 1.35. The third kappa shape index (κ3) is 7.87. The molecule has 2 atom stereocenters. The molecular weight excluding hydrogens is 308 g/mol. The number of hydrogen-bond acceptors (Lipinski definition) is 5. The number of ether oxygens (including phenoxy) is 1. The Labute approximate surface area is 142 Å². The van der Waals surface area contributed by atoms with Crippen molar-refractivity contribution in [2.75, 3.05) is 13.7 Å². The molecule has 0 spiro atoms. The van der Waals surface area contributed by atoms with Crippen molar-refractivity contribution < 1.29 is 24.9 Å². The van der Waals surface area contributed by atoms with E-state index in [9.17, 15) is 9.90 Å². The van der Waals surface area contributed by atoms with Gasteiger partial charge in [-0.2, -0.15) is 0 Å². The van der Waals surface area contributed by atoms with Gasteiger partial charge in [-0.1, -0.05) is 60.7 Å². The van der Waals surface area contributed by atoms with Crippen LogP contribution in [0.1, 0.15) is 11.1 Å². The lowest BCUT2D eigenvalue weighted by Crippen LogP contribution is -2.23. The topological polar surface area (TPSA) is 87.0 Å². The van der Waals surface area contributed by atoms with Crippen LogP contribution in [0.3, 0.4) is 0 Å². The fourth-order valence-electron chi connectivity index (χ4n) is 2.01. The van der Waals surface area contributed by atoms with Gasteiger partial charge in [0.15, 0.2) is 6.10 Å². The maximum absolute atomic E-state index is 10.8. The highest BCUT2D eigenvalue weighted by atomic mass is 16.5. The first kappa shape index (κ1) is 19.8. The lowest BCUT2D eigenvalue weighted by molar-refractivity contribution is -0.150. The SMILES string of the molecule is COC(=O)C(O)Cc1ccccc1.OCC(O)Cc1ccccc1. The Bertz CT molecular complexity index is 571. The molecule has 0 aliphatic rings. The van der Waals surface area contributed by atoms with Gasteiger partial charge in [-0.15, -0.1) is 0 Å². The molecule has 0 fully saturated rings. The first-order chi connectivity index (χ1) is 11.6. The summed E-state index contributed by atoms with van der Waals surface area (Å²) in [6.45, 7) is -0.172. The summed E-state index contributed by atoms with van der Waals surface area (Å²) in [6, 6.07) is 18.9. The molecular formula is C19H24O5. The Kier molecular flexibility index (Phi) is 9.38. The van der Waals surface area contributed by atoms with Crippen molar-refractivity contribution in [1.29, 1.82) is 0 Å². The van der Waals surface area contributed by atoms with E-state index in [1.165, 1.54) is 7.11 Å². The summed E-state index contributed by atoms with van der Waals surface area (Å²) in [4.78, 5) is 10.8. The number of carbonyl (C=O) groups excluding carboxylic acids is 1. The molecule has 0 radical (unpaired) electrons. The molecule has 0 heterocycles. The smallest absolute Gasteiger partial charge is 0.335 e. The number of aliphatic hydroxyl groups is 3.